The van der Waals surface area contributed by atoms with Crippen LogP contribution in [0.3, 0.4) is 0 Å². The van der Waals surface area contributed by atoms with Gasteiger partial charge >= 0.3 is 0 Å². The van der Waals surface area contributed by atoms with Gasteiger partial charge in [0.2, 0.25) is 11.8 Å². The molecule has 1 fully saturated rings. The molecule has 2 heterocycles. The van der Waals surface area contributed by atoms with E-state index in [0.717, 1.165) is 25.8 Å². The standard InChI is InChI=1S/C13H19N3O2/c1-2-18-13-11(7-5-9-15-13)16-12(17)10-6-3-4-8-14-10/h5,7,9-10,14H,2-4,6,8H2,1H3,(H,16,17)/t10-/m0/s1. The fourth-order valence-corrected chi connectivity index (χ4v) is 2.03. The first-order chi connectivity index (χ1) is 8.81. The molecule has 1 saturated heterocycles. The lowest BCUT2D eigenvalue weighted by Gasteiger charge is -2.22. The SMILES string of the molecule is CCOc1ncccc1NC(=O)[C@@H]1CCCCN1. The third-order valence-electron chi connectivity index (χ3n) is 2.94. The molecule has 1 aliphatic heterocycles. The number of hydrogen-bond donors (Lipinski definition) is 2. The highest BCUT2D eigenvalue weighted by molar-refractivity contribution is 5.95. The third-order valence-corrected chi connectivity index (χ3v) is 2.94. The van der Waals surface area contributed by atoms with Crippen LogP contribution >= 0.6 is 0 Å². The van der Waals surface area contributed by atoms with E-state index in [1.807, 2.05) is 6.92 Å². The number of rotatable bonds is 4. The highest BCUT2D eigenvalue weighted by Gasteiger charge is 2.21. The van der Waals surface area contributed by atoms with Gasteiger partial charge < -0.3 is 15.4 Å². The maximum Gasteiger partial charge on any atom is 0.241 e. The van der Waals surface area contributed by atoms with Crippen molar-refractivity contribution in [2.45, 2.75) is 32.2 Å². The van der Waals surface area contributed by atoms with Gasteiger partial charge in [-0.2, -0.15) is 0 Å². The summed E-state index contributed by atoms with van der Waals surface area (Å²) in [6.07, 6.45) is 4.77. The molecule has 5 heteroatoms. The summed E-state index contributed by atoms with van der Waals surface area (Å²) in [4.78, 5) is 16.2. The number of carbonyl (C=O) groups excluding carboxylic acids is 1. The van der Waals surface area contributed by atoms with Crippen LogP contribution in [0.25, 0.3) is 0 Å². The first kappa shape index (κ1) is 12.8. The predicted octanol–water partition coefficient (Wildman–Crippen LogP) is 1.56. The molecule has 0 saturated carbocycles. The number of nitrogens with zero attached hydrogens (tertiary/aromatic N) is 1. The summed E-state index contributed by atoms with van der Waals surface area (Å²) in [5.74, 6) is 0.466. The molecule has 2 rings (SSSR count). The molecular formula is C13H19N3O2. The Labute approximate surface area is 107 Å². The fourth-order valence-electron chi connectivity index (χ4n) is 2.03. The summed E-state index contributed by atoms with van der Waals surface area (Å²) >= 11 is 0. The van der Waals surface area contributed by atoms with Gasteiger partial charge in [-0.1, -0.05) is 6.42 Å². The molecule has 1 aliphatic rings. The molecule has 0 bridgehead atoms. The molecule has 1 amide bonds. The number of carbonyl (C=O) groups is 1. The Bertz CT molecular complexity index is 403. The van der Waals surface area contributed by atoms with Crippen molar-refractivity contribution in [1.29, 1.82) is 0 Å². The topological polar surface area (TPSA) is 63.2 Å². The van der Waals surface area contributed by atoms with E-state index in [-0.39, 0.29) is 11.9 Å². The van der Waals surface area contributed by atoms with Gasteiger partial charge in [-0.05, 0) is 38.4 Å². The van der Waals surface area contributed by atoms with Gasteiger partial charge in [0, 0.05) is 6.20 Å². The average Bonchev–Trinajstić information content (AvgIpc) is 2.42. The number of aromatic nitrogens is 1. The van der Waals surface area contributed by atoms with E-state index in [1.165, 1.54) is 0 Å². The maximum atomic E-state index is 12.1. The van der Waals surface area contributed by atoms with Gasteiger partial charge in [-0.3, -0.25) is 4.79 Å². The van der Waals surface area contributed by atoms with E-state index in [1.54, 1.807) is 18.3 Å². The first-order valence-electron chi connectivity index (χ1n) is 6.43. The van der Waals surface area contributed by atoms with Crippen molar-refractivity contribution in [3.8, 4) is 5.88 Å². The molecule has 0 unspecified atom stereocenters. The molecule has 1 atom stereocenters. The van der Waals surface area contributed by atoms with Crippen molar-refractivity contribution < 1.29 is 9.53 Å². The van der Waals surface area contributed by atoms with Crippen molar-refractivity contribution in [1.82, 2.24) is 10.3 Å². The van der Waals surface area contributed by atoms with Gasteiger partial charge in [0.05, 0.1) is 12.6 Å². The summed E-state index contributed by atoms with van der Waals surface area (Å²) in [6.45, 7) is 3.33. The molecule has 2 N–H and O–H groups in total. The number of amides is 1. The molecule has 0 aliphatic carbocycles. The lowest BCUT2D eigenvalue weighted by atomic mass is 10.0. The lowest BCUT2D eigenvalue weighted by Crippen LogP contribution is -2.43. The molecule has 18 heavy (non-hydrogen) atoms. The van der Waals surface area contributed by atoms with Gasteiger partial charge in [-0.25, -0.2) is 4.98 Å². The number of anilines is 1. The lowest BCUT2D eigenvalue weighted by molar-refractivity contribution is -0.118. The Balaban J connectivity index is 2.01. The summed E-state index contributed by atoms with van der Waals surface area (Å²) in [7, 11) is 0. The summed E-state index contributed by atoms with van der Waals surface area (Å²) in [5, 5.41) is 6.09. The van der Waals surface area contributed by atoms with Crippen LogP contribution in [0.5, 0.6) is 5.88 Å². The molecule has 0 spiro atoms. The molecular weight excluding hydrogens is 230 g/mol. The maximum absolute atomic E-state index is 12.1. The largest absolute Gasteiger partial charge is 0.476 e. The van der Waals surface area contributed by atoms with Gasteiger partial charge in [-0.15, -0.1) is 0 Å². The summed E-state index contributed by atoms with van der Waals surface area (Å²) in [5.41, 5.74) is 0.636. The number of pyridine rings is 1. The van der Waals surface area contributed by atoms with Crippen LogP contribution in [0, 0.1) is 0 Å². The Hall–Kier alpha value is -1.62. The monoisotopic (exact) mass is 249 g/mol. The van der Waals surface area contributed by atoms with Crippen LogP contribution in [0.15, 0.2) is 18.3 Å². The summed E-state index contributed by atoms with van der Waals surface area (Å²) in [6, 6.07) is 3.49. The van der Waals surface area contributed by atoms with Crippen LogP contribution < -0.4 is 15.4 Å². The van der Waals surface area contributed by atoms with Crippen LogP contribution in [0.2, 0.25) is 0 Å². The zero-order valence-corrected chi connectivity index (χ0v) is 10.6. The Morgan fingerprint density at radius 3 is 3.22 bits per heavy atom. The minimum Gasteiger partial charge on any atom is -0.476 e. The molecule has 0 aromatic carbocycles. The summed E-state index contributed by atoms with van der Waals surface area (Å²) < 4.78 is 5.38. The van der Waals surface area contributed by atoms with Crippen molar-refractivity contribution in [3.05, 3.63) is 18.3 Å². The van der Waals surface area contributed by atoms with Crippen LogP contribution in [-0.4, -0.2) is 30.1 Å². The van der Waals surface area contributed by atoms with Crippen LogP contribution in [0.4, 0.5) is 5.69 Å². The molecule has 1 aromatic rings. The quantitative estimate of drug-likeness (QED) is 0.850. The normalized spacial score (nSPS) is 19.3. The van der Waals surface area contributed by atoms with Crippen molar-refractivity contribution in [2.24, 2.45) is 0 Å². The van der Waals surface area contributed by atoms with E-state index in [0.29, 0.717) is 18.2 Å². The Morgan fingerprint density at radius 2 is 2.50 bits per heavy atom. The van der Waals surface area contributed by atoms with E-state index >= 15 is 0 Å². The van der Waals surface area contributed by atoms with Gasteiger partial charge in [0.1, 0.15) is 5.69 Å². The van der Waals surface area contributed by atoms with Gasteiger partial charge in [0.15, 0.2) is 0 Å². The second-order valence-corrected chi connectivity index (χ2v) is 4.28. The third kappa shape index (κ3) is 3.20. The van der Waals surface area contributed by atoms with E-state index in [2.05, 4.69) is 15.6 Å². The Kier molecular flexibility index (Phi) is 4.52. The fraction of sp³-hybridized carbons (Fsp3) is 0.538. The first-order valence-corrected chi connectivity index (χ1v) is 6.43. The Morgan fingerprint density at radius 1 is 1.61 bits per heavy atom. The predicted molar refractivity (Wildman–Crippen MR) is 69.7 cm³/mol. The smallest absolute Gasteiger partial charge is 0.241 e. The molecule has 0 radical (unpaired) electrons. The van der Waals surface area contributed by atoms with Crippen molar-refractivity contribution in [2.75, 3.05) is 18.5 Å². The van der Waals surface area contributed by atoms with E-state index < -0.39 is 0 Å². The van der Waals surface area contributed by atoms with Crippen LogP contribution in [0.1, 0.15) is 26.2 Å². The van der Waals surface area contributed by atoms with Crippen LogP contribution in [-0.2, 0) is 4.79 Å². The number of piperidine rings is 1. The number of hydrogen-bond acceptors (Lipinski definition) is 4. The second-order valence-electron chi connectivity index (χ2n) is 4.28. The van der Waals surface area contributed by atoms with Gasteiger partial charge in [0.25, 0.3) is 0 Å². The highest BCUT2D eigenvalue weighted by atomic mass is 16.5. The molecule has 5 nitrogen and oxygen atoms in total. The van der Waals surface area contributed by atoms with E-state index in [4.69, 9.17) is 4.74 Å². The molecule has 98 valence electrons. The number of ether oxygens (including phenoxy) is 1. The minimum atomic E-state index is -0.103. The van der Waals surface area contributed by atoms with Crippen molar-refractivity contribution >= 4 is 11.6 Å². The number of nitrogens with one attached hydrogen (secondary N) is 2. The second kappa shape index (κ2) is 6.35. The van der Waals surface area contributed by atoms with Crippen molar-refractivity contribution in [3.63, 3.8) is 0 Å². The zero-order chi connectivity index (χ0) is 12.8. The minimum absolute atomic E-state index is 0.0105. The molecule has 1 aromatic heterocycles. The highest BCUT2D eigenvalue weighted by Crippen LogP contribution is 2.21. The zero-order valence-electron chi connectivity index (χ0n) is 10.6. The average molecular weight is 249 g/mol. The van der Waals surface area contributed by atoms with E-state index in [9.17, 15) is 4.79 Å².